The number of rotatable bonds is 5. The van der Waals surface area contributed by atoms with Crippen molar-refractivity contribution in [1.82, 2.24) is 9.71 Å². The van der Waals surface area contributed by atoms with E-state index in [0.29, 0.717) is 12.1 Å². The van der Waals surface area contributed by atoms with Crippen LogP contribution in [0, 0.1) is 11.3 Å². The van der Waals surface area contributed by atoms with E-state index in [-0.39, 0.29) is 17.0 Å². The van der Waals surface area contributed by atoms with Crippen LogP contribution in [0.15, 0.2) is 34.7 Å². The van der Waals surface area contributed by atoms with Crippen molar-refractivity contribution in [2.24, 2.45) is 0 Å². The van der Waals surface area contributed by atoms with Gasteiger partial charge < -0.3 is 5.73 Å². The van der Waals surface area contributed by atoms with Gasteiger partial charge in [-0.2, -0.15) is 5.26 Å². The number of nitrogen functional groups attached to an aromatic ring is 1. The summed E-state index contributed by atoms with van der Waals surface area (Å²) in [5, 5.41) is 11.7. The van der Waals surface area contributed by atoms with Gasteiger partial charge in [0.15, 0.2) is 0 Å². The van der Waals surface area contributed by atoms with Crippen LogP contribution in [-0.4, -0.2) is 19.9 Å². The number of anilines is 1. The Morgan fingerprint density at radius 1 is 1.45 bits per heavy atom. The number of aromatic nitrogens is 1. The van der Waals surface area contributed by atoms with Gasteiger partial charge in [-0.25, -0.2) is 18.1 Å². The number of hydrogen-bond acceptors (Lipinski definition) is 6. The van der Waals surface area contributed by atoms with Crippen LogP contribution in [0.2, 0.25) is 0 Å². The van der Waals surface area contributed by atoms with Gasteiger partial charge in [-0.05, 0) is 18.2 Å². The van der Waals surface area contributed by atoms with E-state index in [0.717, 1.165) is 5.01 Å². The largest absolute Gasteiger partial charge is 0.399 e. The van der Waals surface area contributed by atoms with Crippen LogP contribution in [0.1, 0.15) is 10.6 Å². The van der Waals surface area contributed by atoms with Crippen molar-refractivity contribution in [2.45, 2.75) is 11.3 Å². The highest BCUT2D eigenvalue weighted by molar-refractivity contribution is 7.89. The summed E-state index contributed by atoms with van der Waals surface area (Å²) in [6.45, 7) is 0.227. The van der Waals surface area contributed by atoms with Crippen molar-refractivity contribution < 1.29 is 8.42 Å². The number of hydrogen-bond donors (Lipinski definition) is 2. The first kappa shape index (κ1) is 14.5. The van der Waals surface area contributed by atoms with Gasteiger partial charge in [0.2, 0.25) is 10.0 Å². The van der Waals surface area contributed by atoms with E-state index in [1.807, 2.05) is 11.4 Å². The third kappa shape index (κ3) is 3.33. The van der Waals surface area contributed by atoms with E-state index in [1.54, 1.807) is 6.20 Å². The van der Waals surface area contributed by atoms with Crippen LogP contribution in [0.4, 0.5) is 5.69 Å². The lowest BCUT2D eigenvalue weighted by Gasteiger charge is -2.08. The van der Waals surface area contributed by atoms with Crippen LogP contribution in [0.5, 0.6) is 0 Å². The molecule has 0 atom stereocenters. The van der Waals surface area contributed by atoms with Crippen molar-refractivity contribution in [1.29, 1.82) is 5.26 Å². The third-order valence-corrected chi connectivity index (χ3v) is 4.89. The molecule has 0 saturated carbocycles. The van der Waals surface area contributed by atoms with Crippen LogP contribution < -0.4 is 10.5 Å². The lowest BCUT2D eigenvalue weighted by atomic mass is 10.2. The Kier molecular flexibility index (Phi) is 4.34. The van der Waals surface area contributed by atoms with Crippen molar-refractivity contribution in [3.8, 4) is 6.07 Å². The first-order chi connectivity index (χ1) is 9.53. The Bertz CT molecular complexity index is 733. The predicted octanol–water partition coefficient (Wildman–Crippen LogP) is 1.12. The van der Waals surface area contributed by atoms with Crippen molar-refractivity contribution in [3.63, 3.8) is 0 Å². The molecule has 0 radical (unpaired) electrons. The van der Waals surface area contributed by atoms with Crippen molar-refractivity contribution >= 4 is 27.0 Å². The van der Waals surface area contributed by atoms with Gasteiger partial charge in [0.1, 0.15) is 6.07 Å². The summed E-state index contributed by atoms with van der Waals surface area (Å²) in [5.74, 6) is 0. The van der Waals surface area contributed by atoms with Crippen molar-refractivity contribution in [3.05, 3.63) is 40.3 Å². The average molecular weight is 308 g/mol. The molecule has 0 saturated heterocycles. The zero-order valence-electron chi connectivity index (χ0n) is 10.4. The molecule has 20 heavy (non-hydrogen) atoms. The summed E-state index contributed by atoms with van der Waals surface area (Å²) in [7, 11) is -3.72. The molecule has 0 aliphatic carbocycles. The third-order valence-electron chi connectivity index (χ3n) is 2.53. The smallest absolute Gasteiger partial charge is 0.241 e. The first-order valence-corrected chi connectivity index (χ1v) is 8.07. The molecular weight excluding hydrogens is 296 g/mol. The topological polar surface area (TPSA) is 109 Å². The van der Waals surface area contributed by atoms with Gasteiger partial charge >= 0.3 is 0 Å². The van der Waals surface area contributed by atoms with Crippen LogP contribution in [0.25, 0.3) is 0 Å². The second kappa shape index (κ2) is 6.00. The minimum absolute atomic E-state index is 0.0340. The number of nitrogens with two attached hydrogens (primary N) is 1. The monoisotopic (exact) mass is 308 g/mol. The zero-order chi connectivity index (χ0) is 14.6. The number of benzene rings is 1. The maximum absolute atomic E-state index is 12.1. The standard InChI is InChI=1S/C12H12N4O2S2/c13-8-9-7-10(14)1-2-11(9)20(17,18)16-4-3-12-15-5-6-19-12/h1-2,5-7,16H,3-4,14H2. The molecule has 2 rings (SSSR count). The summed E-state index contributed by atoms with van der Waals surface area (Å²) in [4.78, 5) is 4.01. The van der Waals surface area contributed by atoms with E-state index in [1.165, 1.54) is 29.5 Å². The molecule has 6 nitrogen and oxygen atoms in total. The lowest BCUT2D eigenvalue weighted by molar-refractivity contribution is 0.581. The van der Waals surface area contributed by atoms with E-state index < -0.39 is 10.0 Å². The number of sulfonamides is 1. The second-order valence-electron chi connectivity index (χ2n) is 3.94. The predicted molar refractivity (Wildman–Crippen MR) is 76.6 cm³/mol. The minimum Gasteiger partial charge on any atom is -0.399 e. The number of nitrogens with zero attached hydrogens (tertiary/aromatic N) is 2. The SMILES string of the molecule is N#Cc1cc(N)ccc1S(=O)(=O)NCCc1nccs1. The van der Waals surface area contributed by atoms with Gasteiger partial charge in [0.25, 0.3) is 0 Å². The maximum atomic E-state index is 12.1. The average Bonchev–Trinajstić information content (AvgIpc) is 2.91. The fourth-order valence-corrected chi connectivity index (χ4v) is 3.40. The number of nitrogens with one attached hydrogen (secondary N) is 1. The molecule has 1 heterocycles. The molecule has 1 aromatic heterocycles. The summed E-state index contributed by atoms with van der Waals surface area (Å²) >= 11 is 1.46. The Morgan fingerprint density at radius 3 is 2.90 bits per heavy atom. The molecule has 0 spiro atoms. The Hall–Kier alpha value is -1.95. The Morgan fingerprint density at radius 2 is 2.25 bits per heavy atom. The fraction of sp³-hybridized carbons (Fsp3) is 0.167. The van der Waals surface area contributed by atoms with Gasteiger partial charge in [-0.1, -0.05) is 0 Å². The maximum Gasteiger partial charge on any atom is 0.241 e. The molecule has 3 N–H and O–H groups in total. The molecule has 1 aromatic carbocycles. The molecule has 0 unspecified atom stereocenters. The Labute approximate surface area is 120 Å². The molecule has 0 aliphatic rings. The van der Waals surface area contributed by atoms with Crippen LogP contribution >= 0.6 is 11.3 Å². The molecule has 8 heteroatoms. The highest BCUT2D eigenvalue weighted by atomic mass is 32.2. The summed E-state index contributed by atoms with van der Waals surface area (Å²) in [5.41, 5.74) is 5.92. The Balaban J connectivity index is 2.12. The quantitative estimate of drug-likeness (QED) is 0.804. The molecule has 0 fully saturated rings. The number of nitriles is 1. The fourth-order valence-electron chi connectivity index (χ4n) is 1.62. The summed E-state index contributed by atoms with van der Waals surface area (Å²) in [6, 6.07) is 5.97. The number of thiazole rings is 1. The van der Waals surface area contributed by atoms with E-state index >= 15 is 0 Å². The highest BCUT2D eigenvalue weighted by Gasteiger charge is 2.18. The van der Waals surface area contributed by atoms with Crippen molar-refractivity contribution in [2.75, 3.05) is 12.3 Å². The van der Waals surface area contributed by atoms with E-state index in [9.17, 15) is 8.42 Å². The first-order valence-electron chi connectivity index (χ1n) is 5.70. The van der Waals surface area contributed by atoms with Gasteiger partial charge in [-0.3, -0.25) is 0 Å². The van der Waals surface area contributed by atoms with E-state index in [2.05, 4.69) is 9.71 Å². The van der Waals surface area contributed by atoms with Gasteiger partial charge in [-0.15, -0.1) is 11.3 Å². The van der Waals surface area contributed by atoms with Crippen LogP contribution in [-0.2, 0) is 16.4 Å². The normalized spacial score (nSPS) is 11.2. The molecule has 0 amide bonds. The summed E-state index contributed by atoms with van der Waals surface area (Å²) in [6.07, 6.45) is 2.18. The zero-order valence-corrected chi connectivity index (χ0v) is 12.0. The van der Waals surface area contributed by atoms with Gasteiger partial charge in [0.05, 0.1) is 15.5 Å². The molecule has 104 valence electrons. The van der Waals surface area contributed by atoms with E-state index in [4.69, 9.17) is 11.0 Å². The lowest BCUT2D eigenvalue weighted by Crippen LogP contribution is -2.26. The highest BCUT2D eigenvalue weighted by Crippen LogP contribution is 2.18. The molecule has 0 bridgehead atoms. The summed E-state index contributed by atoms with van der Waals surface area (Å²) < 4.78 is 26.7. The van der Waals surface area contributed by atoms with Gasteiger partial charge in [0, 0.05) is 30.2 Å². The minimum atomic E-state index is -3.72. The second-order valence-corrected chi connectivity index (χ2v) is 6.66. The molecule has 0 aliphatic heterocycles. The van der Waals surface area contributed by atoms with Crippen LogP contribution in [0.3, 0.4) is 0 Å². The molecular formula is C12H12N4O2S2. The molecule has 2 aromatic rings.